The van der Waals surface area contributed by atoms with Crippen LogP contribution in [0.1, 0.15) is 30.1 Å². The minimum atomic E-state index is -0.309. The van der Waals surface area contributed by atoms with E-state index in [1.807, 2.05) is 4.90 Å². The molecule has 114 valence electrons. The second kappa shape index (κ2) is 6.87. The van der Waals surface area contributed by atoms with Gasteiger partial charge in [0.15, 0.2) is 5.78 Å². The normalized spacial score (nSPS) is 16.7. The SMILES string of the molecule is CC(=O)c1ccc(Cl)nc1NC1CCN(CC(N)=O)CC1. The molecule has 0 unspecified atom stereocenters. The van der Waals surface area contributed by atoms with E-state index in [0.29, 0.717) is 23.1 Å². The van der Waals surface area contributed by atoms with E-state index in [1.54, 1.807) is 12.1 Å². The van der Waals surface area contributed by atoms with Crippen LogP contribution in [0.3, 0.4) is 0 Å². The van der Waals surface area contributed by atoms with Gasteiger partial charge in [0.25, 0.3) is 0 Å². The van der Waals surface area contributed by atoms with Crippen molar-refractivity contribution in [3.8, 4) is 0 Å². The number of carbonyl (C=O) groups excluding carboxylic acids is 2. The molecule has 3 N–H and O–H groups in total. The number of hydrogen-bond acceptors (Lipinski definition) is 5. The Balaban J connectivity index is 1.99. The number of nitrogens with zero attached hydrogens (tertiary/aromatic N) is 2. The molecule has 1 aliphatic rings. The average Bonchev–Trinajstić information content (AvgIpc) is 2.40. The van der Waals surface area contributed by atoms with Crippen molar-refractivity contribution in [3.63, 3.8) is 0 Å². The first-order valence-electron chi connectivity index (χ1n) is 6.90. The van der Waals surface area contributed by atoms with Gasteiger partial charge in [-0.15, -0.1) is 0 Å². The lowest BCUT2D eigenvalue weighted by molar-refractivity contribution is -0.119. The van der Waals surface area contributed by atoms with E-state index >= 15 is 0 Å². The van der Waals surface area contributed by atoms with Crippen molar-refractivity contribution in [1.29, 1.82) is 0 Å². The third kappa shape index (κ3) is 4.41. The maximum Gasteiger partial charge on any atom is 0.231 e. The lowest BCUT2D eigenvalue weighted by Crippen LogP contribution is -2.43. The number of primary amides is 1. The van der Waals surface area contributed by atoms with E-state index < -0.39 is 0 Å². The summed E-state index contributed by atoms with van der Waals surface area (Å²) in [5, 5.41) is 3.64. The van der Waals surface area contributed by atoms with E-state index in [0.717, 1.165) is 25.9 Å². The zero-order chi connectivity index (χ0) is 15.4. The summed E-state index contributed by atoms with van der Waals surface area (Å²) in [7, 11) is 0. The number of nitrogens with one attached hydrogen (secondary N) is 1. The van der Waals surface area contributed by atoms with Crippen molar-refractivity contribution in [3.05, 3.63) is 22.8 Å². The monoisotopic (exact) mass is 310 g/mol. The topological polar surface area (TPSA) is 88.3 Å². The van der Waals surface area contributed by atoms with Crippen LogP contribution in [0.25, 0.3) is 0 Å². The van der Waals surface area contributed by atoms with Crippen LogP contribution in [0.15, 0.2) is 12.1 Å². The van der Waals surface area contributed by atoms with Gasteiger partial charge in [-0.1, -0.05) is 11.6 Å². The van der Waals surface area contributed by atoms with Crippen molar-refractivity contribution in [1.82, 2.24) is 9.88 Å². The predicted molar refractivity (Wildman–Crippen MR) is 81.5 cm³/mol. The van der Waals surface area contributed by atoms with Gasteiger partial charge in [-0.25, -0.2) is 4.98 Å². The van der Waals surface area contributed by atoms with Gasteiger partial charge in [-0.05, 0) is 31.9 Å². The molecule has 1 saturated heterocycles. The lowest BCUT2D eigenvalue weighted by Gasteiger charge is -2.32. The zero-order valence-corrected chi connectivity index (χ0v) is 12.7. The number of hydrogen-bond donors (Lipinski definition) is 2. The molecule has 1 amide bonds. The quantitative estimate of drug-likeness (QED) is 0.632. The molecule has 2 rings (SSSR count). The standard InChI is InChI=1S/C14H19ClN4O2/c1-9(20)11-2-3-12(15)18-14(11)17-10-4-6-19(7-5-10)8-13(16)21/h2-3,10H,4-8H2,1H3,(H2,16,21)(H,17,18). The number of nitrogens with two attached hydrogens (primary N) is 1. The number of ketones is 1. The summed E-state index contributed by atoms with van der Waals surface area (Å²) in [4.78, 5) is 28.7. The molecule has 1 aliphatic heterocycles. The number of aromatic nitrogens is 1. The molecular weight excluding hydrogens is 292 g/mol. The maximum absolute atomic E-state index is 11.6. The van der Waals surface area contributed by atoms with Crippen molar-refractivity contribution in [2.75, 3.05) is 25.0 Å². The van der Waals surface area contributed by atoms with Crippen molar-refractivity contribution < 1.29 is 9.59 Å². The predicted octanol–water partition coefficient (Wildman–Crippen LogP) is 1.30. The molecule has 21 heavy (non-hydrogen) atoms. The van der Waals surface area contributed by atoms with Gasteiger partial charge in [0, 0.05) is 19.1 Å². The second-order valence-electron chi connectivity index (χ2n) is 5.25. The number of amides is 1. The largest absolute Gasteiger partial charge is 0.369 e. The van der Waals surface area contributed by atoms with Gasteiger partial charge < -0.3 is 11.1 Å². The fourth-order valence-electron chi connectivity index (χ4n) is 2.48. The Kier molecular flexibility index (Phi) is 5.14. The van der Waals surface area contributed by atoms with Crippen LogP contribution >= 0.6 is 11.6 Å². The molecule has 0 saturated carbocycles. The Bertz CT molecular complexity index is 542. The number of rotatable bonds is 5. The fourth-order valence-corrected chi connectivity index (χ4v) is 2.63. The molecule has 1 fully saturated rings. The molecular formula is C14H19ClN4O2. The van der Waals surface area contributed by atoms with E-state index in [4.69, 9.17) is 17.3 Å². The molecule has 0 aliphatic carbocycles. The summed E-state index contributed by atoms with van der Waals surface area (Å²) in [6.07, 6.45) is 1.72. The smallest absolute Gasteiger partial charge is 0.231 e. The molecule has 7 heteroatoms. The van der Waals surface area contributed by atoms with Crippen LogP contribution in [0.2, 0.25) is 5.15 Å². The van der Waals surface area contributed by atoms with E-state index in [-0.39, 0.29) is 17.7 Å². The van der Waals surface area contributed by atoms with Crippen LogP contribution < -0.4 is 11.1 Å². The maximum atomic E-state index is 11.6. The van der Waals surface area contributed by atoms with Crippen molar-refractivity contribution in [2.24, 2.45) is 5.73 Å². The highest BCUT2D eigenvalue weighted by atomic mass is 35.5. The molecule has 0 spiro atoms. The van der Waals surface area contributed by atoms with Gasteiger partial charge >= 0.3 is 0 Å². The Hall–Kier alpha value is -1.66. The fraction of sp³-hybridized carbons (Fsp3) is 0.500. The highest BCUT2D eigenvalue weighted by molar-refractivity contribution is 6.29. The Morgan fingerprint density at radius 3 is 2.67 bits per heavy atom. The third-order valence-corrected chi connectivity index (χ3v) is 3.76. The zero-order valence-electron chi connectivity index (χ0n) is 11.9. The summed E-state index contributed by atoms with van der Waals surface area (Å²) < 4.78 is 0. The van der Waals surface area contributed by atoms with Crippen LogP contribution in [-0.2, 0) is 4.79 Å². The molecule has 0 atom stereocenters. The second-order valence-corrected chi connectivity index (χ2v) is 5.63. The highest BCUT2D eigenvalue weighted by Gasteiger charge is 2.21. The molecule has 1 aromatic heterocycles. The lowest BCUT2D eigenvalue weighted by atomic mass is 10.0. The Morgan fingerprint density at radius 2 is 2.10 bits per heavy atom. The van der Waals surface area contributed by atoms with Crippen LogP contribution in [-0.4, -0.2) is 47.3 Å². The first kappa shape index (κ1) is 15.7. The summed E-state index contributed by atoms with van der Waals surface area (Å²) in [6.45, 7) is 3.37. The van der Waals surface area contributed by atoms with Crippen LogP contribution in [0.4, 0.5) is 5.82 Å². The van der Waals surface area contributed by atoms with E-state index in [2.05, 4.69) is 10.3 Å². The first-order chi connectivity index (χ1) is 9.95. The number of pyridine rings is 1. The summed E-state index contributed by atoms with van der Waals surface area (Å²) >= 11 is 5.90. The Labute approximate surface area is 128 Å². The highest BCUT2D eigenvalue weighted by Crippen LogP contribution is 2.21. The van der Waals surface area contributed by atoms with Gasteiger partial charge in [-0.2, -0.15) is 0 Å². The molecule has 1 aromatic rings. The number of carbonyl (C=O) groups is 2. The van der Waals surface area contributed by atoms with E-state index in [9.17, 15) is 9.59 Å². The van der Waals surface area contributed by atoms with Gasteiger partial charge in [0.05, 0.1) is 12.1 Å². The minimum absolute atomic E-state index is 0.0483. The summed E-state index contributed by atoms with van der Waals surface area (Å²) in [6, 6.07) is 3.50. The number of piperidine rings is 1. The van der Waals surface area contributed by atoms with Crippen molar-refractivity contribution >= 4 is 29.1 Å². The summed E-state index contributed by atoms with van der Waals surface area (Å²) in [5.41, 5.74) is 5.73. The number of likely N-dealkylation sites (tertiary alicyclic amines) is 1. The van der Waals surface area contributed by atoms with Gasteiger partial charge in [-0.3, -0.25) is 14.5 Å². The molecule has 0 bridgehead atoms. The first-order valence-corrected chi connectivity index (χ1v) is 7.28. The molecule has 2 heterocycles. The third-order valence-electron chi connectivity index (χ3n) is 3.55. The average molecular weight is 311 g/mol. The van der Waals surface area contributed by atoms with Crippen LogP contribution in [0, 0.1) is 0 Å². The number of Topliss-reactive ketones (excluding diaryl/α,β-unsaturated/α-hetero) is 1. The summed E-state index contributed by atoms with van der Waals surface area (Å²) in [5.74, 6) is 0.174. The minimum Gasteiger partial charge on any atom is -0.369 e. The molecule has 6 nitrogen and oxygen atoms in total. The molecule has 0 radical (unpaired) electrons. The van der Waals surface area contributed by atoms with Crippen LogP contribution in [0.5, 0.6) is 0 Å². The van der Waals surface area contributed by atoms with Crippen molar-refractivity contribution in [2.45, 2.75) is 25.8 Å². The Morgan fingerprint density at radius 1 is 1.43 bits per heavy atom. The number of halogens is 1. The van der Waals surface area contributed by atoms with Gasteiger partial charge in [0.1, 0.15) is 11.0 Å². The van der Waals surface area contributed by atoms with E-state index in [1.165, 1.54) is 6.92 Å². The molecule has 0 aromatic carbocycles. The number of anilines is 1. The van der Waals surface area contributed by atoms with Gasteiger partial charge in [0.2, 0.25) is 5.91 Å².